The molecule has 0 fully saturated rings. The van der Waals surface area contributed by atoms with Crippen molar-refractivity contribution in [3.8, 4) is 0 Å². The zero-order valence-electron chi connectivity index (χ0n) is 9.45. The molecule has 2 aromatic rings. The summed E-state index contributed by atoms with van der Waals surface area (Å²) in [6, 6.07) is 7.46. The van der Waals surface area contributed by atoms with Gasteiger partial charge in [0, 0.05) is 24.6 Å². The zero-order chi connectivity index (χ0) is 12.3. The van der Waals surface area contributed by atoms with Gasteiger partial charge in [0.15, 0.2) is 10.6 Å². The van der Waals surface area contributed by atoms with Gasteiger partial charge in [-0.2, -0.15) is 0 Å². The predicted octanol–water partition coefficient (Wildman–Crippen LogP) is 2.57. The van der Waals surface area contributed by atoms with Crippen LogP contribution in [0.25, 0.3) is 0 Å². The first-order chi connectivity index (χ1) is 8.20. The average molecular weight is 265 g/mol. The van der Waals surface area contributed by atoms with Crippen LogP contribution < -0.4 is 4.90 Å². The molecule has 0 saturated heterocycles. The predicted molar refractivity (Wildman–Crippen MR) is 70.2 cm³/mol. The van der Waals surface area contributed by atoms with Gasteiger partial charge in [0.2, 0.25) is 5.13 Å². The Morgan fingerprint density at radius 2 is 2.06 bits per heavy atom. The van der Waals surface area contributed by atoms with Crippen molar-refractivity contribution in [2.24, 2.45) is 0 Å². The second-order valence-corrected chi connectivity index (χ2v) is 5.75. The number of hydrogen-bond donors (Lipinski definition) is 0. The molecule has 0 radical (unpaired) electrons. The van der Waals surface area contributed by atoms with E-state index < -0.39 is 0 Å². The van der Waals surface area contributed by atoms with E-state index in [2.05, 4.69) is 10.2 Å². The highest BCUT2D eigenvalue weighted by molar-refractivity contribution is 8.01. The molecule has 1 heterocycles. The third-order valence-corrected chi connectivity index (χ3v) is 4.26. The molecule has 0 aliphatic carbocycles. The molecule has 0 spiro atoms. The Labute approximate surface area is 108 Å². The van der Waals surface area contributed by atoms with Crippen LogP contribution in [0.4, 0.5) is 5.13 Å². The van der Waals surface area contributed by atoms with Gasteiger partial charge in [0.25, 0.3) is 0 Å². The smallest absolute Gasteiger partial charge is 0.208 e. The van der Waals surface area contributed by atoms with Gasteiger partial charge in [0.1, 0.15) is 0 Å². The molecular weight excluding hydrogens is 254 g/mol. The Hall–Kier alpha value is -1.40. The molecule has 0 unspecified atom stereocenters. The summed E-state index contributed by atoms with van der Waals surface area (Å²) >= 11 is 2.97. The molecule has 4 nitrogen and oxygen atoms in total. The Kier molecular flexibility index (Phi) is 3.75. The van der Waals surface area contributed by atoms with Crippen molar-refractivity contribution in [3.05, 3.63) is 29.8 Å². The summed E-state index contributed by atoms with van der Waals surface area (Å²) in [4.78, 5) is 13.7. The lowest BCUT2D eigenvalue weighted by Crippen LogP contribution is -2.07. The SMILES string of the molecule is CN(C)c1nnc(Sc2ccccc2C=O)s1. The van der Waals surface area contributed by atoms with Gasteiger partial charge < -0.3 is 4.90 Å². The first-order valence-electron chi connectivity index (χ1n) is 4.93. The third-order valence-electron chi connectivity index (χ3n) is 2.02. The summed E-state index contributed by atoms with van der Waals surface area (Å²) in [5.41, 5.74) is 0.680. The summed E-state index contributed by atoms with van der Waals surface area (Å²) in [6.45, 7) is 0. The third kappa shape index (κ3) is 2.83. The largest absolute Gasteiger partial charge is 0.353 e. The topological polar surface area (TPSA) is 46.1 Å². The molecule has 1 aromatic carbocycles. The molecule has 1 aromatic heterocycles. The van der Waals surface area contributed by atoms with E-state index in [1.54, 1.807) is 6.07 Å². The van der Waals surface area contributed by atoms with E-state index in [0.717, 1.165) is 20.7 Å². The maximum Gasteiger partial charge on any atom is 0.208 e. The van der Waals surface area contributed by atoms with Crippen molar-refractivity contribution in [2.45, 2.75) is 9.24 Å². The van der Waals surface area contributed by atoms with Gasteiger partial charge in [-0.15, -0.1) is 10.2 Å². The van der Waals surface area contributed by atoms with Crippen molar-refractivity contribution in [1.82, 2.24) is 10.2 Å². The fourth-order valence-corrected chi connectivity index (χ4v) is 3.00. The number of benzene rings is 1. The van der Waals surface area contributed by atoms with Crippen molar-refractivity contribution < 1.29 is 4.79 Å². The van der Waals surface area contributed by atoms with Crippen LogP contribution in [0, 0.1) is 0 Å². The Morgan fingerprint density at radius 1 is 1.29 bits per heavy atom. The van der Waals surface area contributed by atoms with Gasteiger partial charge in [-0.1, -0.05) is 41.3 Å². The number of rotatable bonds is 4. The lowest BCUT2D eigenvalue weighted by atomic mass is 10.2. The Balaban J connectivity index is 2.22. The number of anilines is 1. The van der Waals surface area contributed by atoms with E-state index in [4.69, 9.17) is 0 Å². The maximum atomic E-state index is 10.9. The van der Waals surface area contributed by atoms with Crippen molar-refractivity contribution in [1.29, 1.82) is 0 Å². The molecule has 0 atom stereocenters. The maximum absolute atomic E-state index is 10.9. The lowest BCUT2D eigenvalue weighted by molar-refractivity contribution is 0.112. The number of aldehydes is 1. The van der Waals surface area contributed by atoms with Crippen LogP contribution in [-0.4, -0.2) is 30.6 Å². The number of carbonyl (C=O) groups is 1. The number of aromatic nitrogens is 2. The minimum absolute atomic E-state index is 0.680. The molecule has 0 amide bonds. The summed E-state index contributed by atoms with van der Waals surface area (Å²) in [6.07, 6.45) is 0.857. The molecule has 0 aliphatic rings. The number of hydrogen-bond acceptors (Lipinski definition) is 6. The second kappa shape index (κ2) is 5.29. The molecule has 6 heteroatoms. The van der Waals surface area contributed by atoms with E-state index in [-0.39, 0.29) is 0 Å². The van der Waals surface area contributed by atoms with E-state index >= 15 is 0 Å². The van der Waals surface area contributed by atoms with Crippen LogP contribution in [0.3, 0.4) is 0 Å². The van der Waals surface area contributed by atoms with Gasteiger partial charge in [0.05, 0.1) is 0 Å². The second-order valence-electron chi connectivity index (χ2n) is 3.50. The molecule has 0 aliphatic heterocycles. The summed E-state index contributed by atoms with van der Waals surface area (Å²) < 4.78 is 0.836. The van der Waals surface area contributed by atoms with Crippen molar-refractivity contribution >= 4 is 34.5 Å². The minimum atomic E-state index is 0.680. The normalized spacial score (nSPS) is 10.2. The van der Waals surface area contributed by atoms with E-state index in [1.165, 1.54) is 23.1 Å². The fraction of sp³-hybridized carbons (Fsp3) is 0.182. The fourth-order valence-electron chi connectivity index (χ4n) is 1.19. The molecule has 0 N–H and O–H groups in total. The molecule has 88 valence electrons. The van der Waals surface area contributed by atoms with Crippen LogP contribution in [0.1, 0.15) is 10.4 Å². The van der Waals surface area contributed by atoms with Crippen LogP contribution in [-0.2, 0) is 0 Å². The molecule has 0 bridgehead atoms. The molecular formula is C11H11N3OS2. The van der Waals surface area contributed by atoms with Crippen LogP contribution >= 0.6 is 23.1 Å². The van der Waals surface area contributed by atoms with Gasteiger partial charge >= 0.3 is 0 Å². The summed E-state index contributed by atoms with van der Waals surface area (Å²) in [5.74, 6) is 0. The highest BCUT2D eigenvalue weighted by atomic mass is 32.2. The summed E-state index contributed by atoms with van der Waals surface area (Å²) in [7, 11) is 3.85. The zero-order valence-corrected chi connectivity index (χ0v) is 11.1. The Morgan fingerprint density at radius 3 is 2.71 bits per heavy atom. The first-order valence-corrected chi connectivity index (χ1v) is 6.57. The van der Waals surface area contributed by atoms with Gasteiger partial charge in [-0.3, -0.25) is 4.79 Å². The first kappa shape index (κ1) is 12.1. The van der Waals surface area contributed by atoms with Crippen LogP contribution in [0.15, 0.2) is 33.5 Å². The highest BCUT2D eigenvalue weighted by Crippen LogP contribution is 2.33. The lowest BCUT2D eigenvalue weighted by Gasteiger charge is -2.04. The van der Waals surface area contributed by atoms with Gasteiger partial charge in [-0.05, 0) is 6.07 Å². The molecule has 0 saturated carbocycles. The van der Waals surface area contributed by atoms with Crippen molar-refractivity contribution in [2.75, 3.05) is 19.0 Å². The monoisotopic (exact) mass is 265 g/mol. The quantitative estimate of drug-likeness (QED) is 0.795. The van der Waals surface area contributed by atoms with Crippen molar-refractivity contribution in [3.63, 3.8) is 0 Å². The Bertz CT molecular complexity index is 525. The number of nitrogens with zero attached hydrogens (tertiary/aromatic N) is 3. The minimum Gasteiger partial charge on any atom is -0.353 e. The van der Waals surface area contributed by atoms with E-state index in [9.17, 15) is 4.79 Å². The molecule has 17 heavy (non-hydrogen) atoms. The summed E-state index contributed by atoms with van der Waals surface area (Å²) in [5, 5.41) is 8.99. The van der Waals surface area contributed by atoms with Crippen LogP contribution in [0.5, 0.6) is 0 Å². The highest BCUT2D eigenvalue weighted by Gasteiger charge is 2.09. The van der Waals surface area contributed by atoms with Crippen LogP contribution in [0.2, 0.25) is 0 Å². The van der Waals surface area contributed by atoms with E-state index in [1.807, 2.05) is 37.2 Å². The van der Waals surface area contributed by atoms with E-state index in [0.29, 0.717) is 5.56 Å². The van der Waals surface area contributed by atoms with Gasteiger partial charge in [-0.25, -0.2) is 0 Å². The molecule has 2 rings (SSSR count). The number of carbonyl (C=O) groups excluding carboxylic acids is 1. The average Bonchev–Trinajstić information content (AvgIpc) is 2.78. The standard InChI is InChI=1S/C11H11N3OS2/c1-14(2)10-12-13-11(17-10)16-9-6-4-3-5-8(9)7-15/h3-7H,1-2H3.